The van der Waals surface area contributed by atoms with Gasteiger partial charge in [0, 0.05) is 28.8 Å². The van der Waals surface area contributed by atoms with Crippen molar-refractivity contribution in [1.29, 1.82) is 0 Å². The van der Waals surface area contributed by atoms with Crippen LogP contribution in [0, 0.1) is 0 Å². The molecule has 0 unspecified atom stereocenters. The predicted molar refractivity (Wildman–Crippen MR) is 84.7 cm³/mol. The van der Waals surface area contributed by atoms with Gasteiger partial charge in [-0.3, -0.25) is 4.79 Å². The summed E-state index contributed by atoms with van der Waals surface area (Å²) >= 11 is 3.48. The molecule has 6 heteroatoms. The first-order valence-electron chi connectivity index (χ1n) is 6.87. The standard InChI is InChI=1S/C16H13BrN2O3/c17-13-5-10(18)4-11-12(13)7-19(16(11)20)6-9-1-2-14-15(3-9)22-8-21-14/h1-5H,6-8,18H2. The quantitative estimate of drug-likeness (QED) is 0.836. The van der Waals surface area contributed by atoms with Crippen LogP contribution >= 0.6 is 15.9 Å². The second kappa shape index (κ2) is 4.91. The minimum absolute atomic E-state index is 0.000617. The summed E-state index contributed by atoms with van der Waals surface area (Å²) in [4.78, 5) is 14.3. The molecule has 2 N–H and O–H groups in total. The van der Waals surface area contributed by atoms with Crippen LogP contribution in [-0.2, 0) is 13.1 Å². The molecule has 4 rings (SSSR count). The number of nitrogens with zero attached hydrogens (tertiary/aromatic N) is 1. The summed E-state index contributed by atoms with van der Waals surface area (Å²) in [5.41, 5.74) is 9.08. The lowest BCUT2D eigenvalue weighted by Crippen LogP contribution is -2.23. The van der Waals surface area contributed by atoms with Gasteiger partial charge in [0.25, 0.3) is 5.91 Å². The normalized spacial score (nSPS) is 15.3. The van der Waals surface area contributed by atoms with Gasteiger partial charge < -0.3 is 20.1 Å². The highest BCUT2D eigenvalue weighted by Gasteiger charge is 2.29. The zero-order chi connectivity index (χ0) is 15.3. The maximum absolute atomic E-state index is 12.5. The second-order valence-corrected chi connectivity index (χ2v) is 6.23. The van der Waals surface area contributed by atoms with Crippen molar-refractivity contribution in [2.75, 3.05) is 12.5 Å². The third-order valence-corrected chi connectivity index (χ3v) is 4.60. The first kappa shape index (κ1) is 13.5. The van der Waals surface area contributed by atoms with E-state index in [1.165, 1.54) is 0 Å². The van der Waals surface area contributed by atoms with E-state index in [0.717, 1.165) is 27.1 Å². The molecule has 22 heavy (non-hydrogen) atoms. The number of rotatable bonds is 2. The zero-order valence-electron chi connectivity index (χ0n) is 11.6. The lowest BCUT2D eigenvalue weighted by Gasteiger charge is -2.16. The molecule has 2 aliphatic rings. The highest BCUT2D eigenvalue weighted by molar-refractivity contribution is 9.10. The Hall–Kier alpha value is -2.21. The summed E-state index contributed by atoms with van der Waals surface area (Å²) in [6.07, 6.45) is 0. The lowest BCUT2D eigenvalue weighted by molar-refractivity contribution is 0.0766. The van der Waals surface area contributed by atoms with Crippen LogP contribution in [0.1, 0.15) is 21.5 Å². The molecular formula is C16H13BrN2O3. The van der Waals surface area contributed by atoms with Crippen molar-refractivity contribution in [3.63, 3.8) is 0 Å². The first-order chi connectivity index (χ1) is 10.6. The molecule has 5 nitrogen and oxygen atoms in total. The van der Waals surface area contributed by atoms with Crippen LogP contribution in [0.4, 0.5) is 5.69 Å². The minimum Gasteiger partial charge on any atom is -0.454 e. The van der Waals surface area contributed by atoms with Crippen LogP contribution in [0.25, 0.3) is 0 Å². The molecule has 0 atom stereocenters. The van der Waals surface area contributed by atoms with E-state index in [2.05, 4.69) is 15.9 Å². The van der Waals surface area contributed by atoms with Crippen molar-refractivity contribution in [3.05, 3.63) is 51.5 Å². The Morgan fingerprint density at radius 1 is 1.18 bits per heavy atom. The fourth-order valence-corrected chi connectivity index (χ4v) is 3.43. The number of anilines is 1. The minimum atomic E-state index is 0.000617. The van der Waals surface area contributed by atoms with Gasteiger partial charge in [-0.1, -0.05) is 22.0 Å². The van der Waals surface area contributed by atoms with E-state index in [-0.39, 0.29) is 12.7 Å². The molecule has 0 fully saturated rings. The van der Waals surface area contributed by atoms with Crippen LogP contribution in [-0.4, -0.2) is 17.6 Å². The Bertz CT molecular complexity index is 791. The molecule has 2 aromatic carbocycles. The molecule has 2 heterocycles. The number of nitrogens with two attached hydrogens (primary N) is 1. The predicted octanol–water partition coefficient (Wildman–Crippen LogP) is 2.92. The zero-order valence-corrected chi connectivity index (χ0v) is 13.2. The Kier molecular flexibility index (Phi) is 3.00. The van der Waals surface area contributed by atoms with Gasteiger partial charge in [0.2, 0.25) is 6.79 Å². The topological polar surface area (TPSA) is 64.8 Å². The molecule has 0 saturated heterocycles. The number of nitrogen functional groups attached to an aromatic ring is 1. The second-order valence-electron chi connectivity index (χ2n) is 5.38. The molecular weight excluding hydrogens is 348 g/mol. The number of benzene rings is 2. The van der Waals surface area contributed by atoms with Crippen molar-refractivity contribution in [2.24, 2.45) is 0 Å². The van der Waals surface area contributed by atoms with E-state index in [1.54, 1.807) is 11.0 Å². The number of hydrogen-bond donors (Lipinski definition) is 1. The molecule has 112 valence electrons. The van der Waals surface area contributed by atoms with Gasteiger partial charge in [0.1, 0.15) is 0 Å². The molecule has 0 aliphatic carbocycles. The van der Waals surface area contributed by atoms with Gasteiger partial charge in [-0.2, -0.15) is 0 Å². The highest BCUT2D eigenvalue weighted by Crippen LogP contribution is 2.35. The van der Waals surface area contributed by atoms with Crippen molar-refractivity contribution >= 4 is 27.5 Å². The average Bonchev–Trinajstić information content (AvgIpc) is 3.06. The lowest BCUT2D eigenvalue weighted by atomic mass is 10.1. The van der Waals surface area contributed by atoms with Gasteiger partial charge in [-0.25, -0.2) is 0 Å². The number of hydrogen-bond acceptors (Lipinski definition) is 4. The van der Waals surface area contributed by atoms with E-state index in [1.807, 2.05) is 24.3 Å². The van der Waals surface area contributed by atoms with Gasteiger partial charge >= 0.3 is 0 Å². The smallest absolute Gasteiger partial charge is 0.254 e. The van der Waals surface area contributed by atoms with Gasteiger partial charge in [-0.05, 0) is 35.4 Å². The molecule has 2 aliphatic heterocycles. The van der Waals surface area contributed by atoms with E-state index < -0.39 is 0 Å². The summed E-state index contributed by atoms with van der Waals surface area (Å²) in [6, 6.07) is 9.31. The van der Waals surface area contributed by atoms with Crippen LogP contribution in [0.15, 0.2) is 34.8 Å². The number of carbonyl (C=O) groups excluding carboxylic acids is 1. The largest absolute Gasteiger partial charge is 0.454 e. The molecule has 0 bridgehead atoms. The summed E-state index contributed by atoms with van der Waals surface area (Å²) in [5, 5.41) is 0. The fraction of sp³-hybridized carbons (Fsp3) is 0.188. The van der Waals surface area contributed by atoms with E-state index in [9.17, 15) is 4.79 Å². The van der Waals surface area contributed by atoms with E-state index in [4.69, 9.17) is 15.2 Å². The maximum atomic E-state index is 12.5. The summed E-state index contributed by atoms with van der Waals surface area (Å²) in [6.45, 7) is 1.35. The summed E-state index contributed by atoms with van der Waals surface area (Å²) in [5.74, 6) is 1.48. The first-order valence-corrected chi connectivity index (χ1v) is 7.67. The monoisotopic (exact) mass is 360 g/mol. The molecule has 0 radical (unpaired) electrons. The molecule has 0 aromatic heterocycles. The van der Waals surface area contributed by atoms with Crippen molar-refractivity contribution in [1.82, 2.24) is 4.90 Å². The van der Waals surface area contributed by atoms with Crippen LogP contribution in [0.2, 0.25) is 0 Å². The third kappa shape index (κ3) is 2.11. The van der Waals surface area contributed by atoms with Crippen LogP contribution in [0.3, 0.4) is 0 Å². The van der Waals surface area contributed by atoms with Crippen molar-refractivity contribution < 1.29 is 14.3 Å². The molecule has 1 amide bonds. The third-order valence-electron chi connectivity index (χ3n) is 3.89. The Balaban J connectivity index is 1.60. The van der Waals surface area contributed by atoms with E-state index in [0.29, 0.717) is 24.3 Å². The summed E-state index contributed by atoms with van der Waals surface area (Å²) < 4.78 is 11.6. The SMILES string of the molecule is Nc1cc(Br)c2c(c1)C(=O)N(Cc1ccc3c(c1)OCO3)C2. The van der Waals surface area contributed by atoms with Crippen LogP contribution < -0.4 is 15.2 Å². The van der Waals surface area contributed by atoms with Crippen LogP contribution in [0.5, 0.6) is 11.5 Å². The summed E-state index contributed by atoms with van der Waals surface area (Å²) in [7, 11) is 0. The maximum Gasteiger partial charge on any atom is 0.254 e. The van der Waals surface area contributed by atoms with Gasteiger partial charge in [0.05, 0.1) is 0 Å². The number of amides is 1. The van der Waals surface area contributed by atoms with Gasteiger partial charge in [0.15, 0.2) is 11.5 Å². The Morgan fingerprint density at radius 3 is 2.86 bits per heavy atom. The average molecular weight is 361 g/mol. The number of halogens is 1. The molecule has 2 aromatic rings. The number of carbonyl (C=O) groups is 1. The number of fused-ring (bicyclic) bond motifs is 2. The Morgan fingerprint density at radius 2 is 2.00 bits per heavy atom. The number of ether oxygens (including phenoxy) is 2. The van der Waals surface area contributed by atoms with Gasteiger partial charge in [-0.15, -0.1) is 0 Å². The molecule has 0 spiro atoms. The van der Waals surface area contributed by atoms with E-state index >= 15 is 0 Å². The molecule has 0 saturated carbocycles. The fourth-order valence-electron chi connectivity index (χ4n) is 2.83. The highest BCUT2D eigenvalue weighted by atomic mass is 79.9. The van der Waals surface area contributed by atoms with Crippen molar-refractivity contribution in [3.8, 4) is 11.5 Å². The Labute approximate surface area is 135 Å². The van der Waals surface area contributed by atoms with Crippen molar-refractivity contribution in [2.45, 2.75) is 13.1 Å².